The van der Waals surface area contributed by atoms with Crippen molar-refractivity contribution in [3.63, 3.8) is 0 Å². The molecule has 1 aromatic rings. The lowest BCUT2D eigenvalue weighted by molar-refractivity contribution is -0.274. The number of benzene rings is 1. The van der Waals surface area contributed by atoms with Gasteiger partial charge in [-0.3, -0.25) is 9.59 Å². The van der Waals surface area contributed by atoms with Crippen molar-refractivity contribution in [3.05, 3.63) is 29.8 Å². The lowest BCUT2D eigenvalue weighted by Gasteiger charge is -2.33. The van der Waals surface area contributed by atoms with Crippen molar-refractivity contribution in [1.29, 1.82) is 0 Å². The van der Waals surface area contributed by atoms with Gasteiger partial charge in [-0.25, -0.2) is 0 Å². The van der Waals surface area contributed by atoms with E-state index in [2.05, 4.69) is 10.1 Å². The van der Waals surface area contributed by atoms with Crippen LogP contribution < -0.4 is 10.1 Å². The van der Waals surface area contributed by atoms with Crippen LogP contribution in [-0.2, 0) is 9.53 Å². The third kappa shape index (κ3) is 4.60. The summed E-state index contributed by atoms with van der Waals surface area (Å²) in [6.07, 6.45) is -4.36. The van der Waals surface area contributed by atoms with Crippen molar-refractivity contribution in [2.45, 2.75) is 19.2 Å². The van der Waals surface area contributed by atoms with Crippen molar-refractivity contribution < 1.29 is 37.3 Å². The number of amides is 1. The average molecular weight is 347 g/mol. The Hall–Kier alpha value is -2.29. The second kappa shape index (κ2) is 7.08. The third-order valence-corrected chi connectivity index (χ3v) is 3.82. The molecular formula is C15H16F3NO5. The van der Waals surface area contributed by atoms with Crippen molar-refractivity contribution in [1.82, 2.24) is 5.32 Å². The third-order valence-electron chi connectivity index (χ3n) is 3.82. The average Bonchev–Trinajstić information content (AvgIpc) is 2.52. The molecule has 1 fully saturated rings. The van der Waals surface area contributed by atoms with Crippen LogP contribution in [0.4, 0.5) is 13.2 Å². The maximum atomic E-state index is 12.2. The Balaban J connectivity index is 2.04. The highest BCUT2D eigenvalue weighted by Gasteiger charge is 2.40. The summed E-state index contributed by atoms with van der Waals surface area (Å²) in [6.45, 7) is 0.420. The first-order valence-corrected chi connectivity index (χ1v) is 7.17. The Labute approximate surface area is 135 Å². The Bertz CT molecular complexity index is 611. The molecule has 0 aromatic heterocycles. The monoisotopic (exact) mass is 347 g/mol. The first kappa shape index (κ1) is 18.1. The molecule has 2 rings (SSSR count). The minimum Gasteiger partial charge on any atom is -0.481 e. The summed E-state index contributed by atoms with van der Waals surface area (Å²) in [5.74, 6) is -2.23. The molecule has 24 heavy (non-hydrogen) atoms. The van der Waals surface area contributed by atoms with Crippen LogP contribution in [0.5, 0.6) is 5.75 Å². The summed E-state index contributed by atoms with van der Waals surface area (Å²) in [4.78, 5) is 23.6. The Morgan fingerprint density at radius 1 is 1.29 bits per heavy atom. The van der Waals surface area contributed by atoms with Crippen LogP contribution in [0.1, 0.15) is 23.2 Å². The molecule has 0 bridgehead atoms. The first-order chi connectivity index (χ1) is 11.2. The number of carboxylic acid groups (broad SMARTS) is 1. The van der Waals surface area contributed by atoms with Gasteiger partial charge in [0.05, 0.1) is 5.41 Å². The van der Waals surface area contributed by atoms with E-state index in [0.29, 0.717) is 0 Å². The fourth-order valence-electron chi connectivity index (χ4n) is 2.41. The van der Waals surface area contributed by atoms with Gasteiger partial charge < -0.3 is 19.9 Å². The lowest BCUT2D eigenvalue weighted by Crippen LogP contribution is -2.46. The van der Waals surface area contributed by atoms with Gasteiger partial charge in [0.15, 0.2) is 0 Å². The van der Waals surface area contributed by atoms with Crippen LogP contribution in [0.2, 0.25) is 0 Å². The number of aliphatic carboxylic acids is 1. The van der Waals surface area contributed by atoms with E-state index in [0.717, 1.165) is 12.1 Å². The minimum absolute atomic E-state index is 0.0515. The molecule has 2 N–H and O–H groups in total. The van der Waals surface area contributed by atoms with Crippen LogP contribution in [0.15, 0.2) is 24.3 Å². The van der Waals surface area contributed by atoms with Crippen LogP contribution in [0, 0.1) is 5.41 Å². The van der Waals surface area contributed by atoms with Crippen molar-refractivity contribution >= 4 is 11.9 Å². The van der Waals surface area contributed by atoms with E-state index in [1.807, 2.05) is 0 Å². The minimum atomic E-state index is -4.86. The quantitative estimate of drug-likeness (QED) is 0.853. The van der Waals surface area contributed by atoms with Crippen LogP contribution in [0.3, 0.4) is 0 Å². The Morgan fingerprint density at radius 3 is 2.54 bits per heavy atom. The van der Waals surface area contributed by atoms with Gasteiger partial charge in [-0.15, -0.1) is 13.2 Å². The lowest BCUT2D eigenvalue weighted by atomic mass is 9.80. The summed E-state index contributed by atoms with van der Waals surface area (Å²) >= 11 is 0. The highest BCUT2D eigenvalue weighted by atomic mass is 19.4. The fraction of sp³-hybridized carbons (Fsp3) is 0.467. The molecule has 1 aliphatic rings. The molecule has 0 aliphatic carbocycles. The summed E-state index contributed by atoms with van der Waals surface area (Å²) < 4.78 is 45.5. The van der Waals surface area contributed by atoms with Gasteiger partial charge in [-0.05, 0) is 31.0 Å². The van der Waals surface area contributed by atoms with Gasteiger partial charge in [0, 0.05) is 25.3 Å². The second-order valence-electron chi connectivity index (χ2n) is 5.46. The number of halogens is 3. The smallest absolute Gasteiger partial charge is 0.481 e. The summed E-state index contributed by atoms with van der Waals surface area (Å²) in [5.41, 5.74) is -1.18. The van der Waals surface area contributed by atoms with E-state index in [1.165, 1.54) is 12.1 Å². The van der Waals surface area contributed by atoms with Gasteiger partial charge in [-0.1, -0.05) is 6.07 Å². The van der Waals surface area contributed by atoms with E-state index in [4.69, 9.17) is 4.74 Å². The van der Waals surface area contributed by atoms with Crippen LogP contribution in [0.25, 0.3) is 0 Å². The maximum absolute atomic E-state index is 12.2. The molecular weight excluding hydrogens is 331 g/mol. The first-order valence-electron chi connectivity index (χ1n) is 7.17. The largest absolute Gasteiger partial charge is 0.573 e. The normalized spacial score (nSPS) is 17.1. The molecule has 0 atom stereocenters. The molecule has 0 unspecified atom stereocenters. The number of carboxylic acids is 1. The van der Waals surface area contributed by atoms with Gasteiger partial charge in [0.2, 0.25) is 0 Å². The number of hydrogen-bond acceptors (Lipinski definition) is 4. The predicted molar refractivity (Wildman–Crippen MR) is 75.6 cm³/mol. The molecule has 6 nitrogen and oxygen atoms in total. The van der Waals surface area contributed by atoms with Gasteiger partial charge in [-0.2, -0.15) is 0 Å². The van der Waals surface area contributed by atoms with Gasteiger partial charge in [0.1, 0.15) is 5.75 Å². The number of carbonyl (C=O) groups is 2. The zero-order valence-electron chi connectivity index (χ0n) is 12.6. The standard InChI is InChI=1S/C15H16F3NO5/c16-15(17,18)24-11-3-1-2-10(8-11)12(20)19-9-14(13(21)22)4-6-23-7-5-14/h1-3,8H,4-7,9H2,(H,19,20)(H,21,22). The number of alkyl halides is 3. The molecule has 132 valence electrons. The number of hydrogen-bond donors (Lipinski definition) is 2. The molecule has 0 radical (unpaired) electrons. The predicted octanol–water partition coefficient (Wildman–Crippen LogP) is 2.20. The summed E-state index contributed by atoms with van der Waals surface area (Å²) in [6, 6.07) is 4.58. The van der Waals surface area contributed by atoms with E-state index in [-0.39, 0.29) is 38.2 Å². The van der Waals surface area contributed by atoms with E-state index < -0.39 is 29.4 Å². The van der Waals surface area contributed by atoms with Crippen molar-refractivity contribution in [3.8, 4) is 5.75 Å². The Morgan fingerprint density at radius 2 is 1.96 bits per heavy atom. The van der Waals surface area contributed by atoms with E-state index >= 15 is 0 Å². The SMILES string of the molecule is O=C(NCC1(C(=O)O)CCOCC1)c1cccc(OC(F)(F)F)c1. The highest BCUT2D eigenvalue weighted by Crippen LogP contribution is 2.30. The maximum Gasteiger partial charge on any atom is 0.573 e. The molecule has 1 heterocycles. The summed E-state index contributed by atoms with van der Waals surface area (Å²) in [7, 11) is 0. The molecule has 1 aromatic carbocycles. The van der Waals surface area contributed by atoms with Crippen LogP contribution in [-0.4, -0.2) is 43.1 Å². The zero-order valence-corrected chi connectivity index (χ0v) is 12.6. The fourth-order valence-corrected chi connectivity index (χ4v) is 2.41. The summed E-state index contributed by atoms with van der Waals surface area (Å²) in [5, 5.41) is 11.9. The highest BCUT2D eigenvalue weighted by molar-refractivity contribution is 5.95. The van der Waals surface area contributed by atoms with Crippen molar-refractivity contribution in [2.24, 2.45) is 5.41 Å². The molecule has 9 heteroatoms. The molecule has 1 saturated heterocycles. The van der Waals surface area contributed by atoms with E-state index in [1.54, 1.807) is 0 Å². The van der Waals surface area contributed by atoms with Crippen LogP contribution >= 0.6 is 0 Å². The van der Waals surface area contributed by atoms with Gasteiger partial charge in [0.25, 0.3) is 5.91 Å². The van der Waals surface area contributed by atoms with E-state index in [9.17, 15) is 27.9 Å². The second-order valence-corrected chi connectivity index (χ2v) is 5.46. The number of ether oxygens (including phenoxy) is 2. The zero-order chi connectivity index (χ0) is 17.8. The Kier molecular flexibility index (Phi) is 5.33. The molecule has 0 saturated carbocycles. The topological polar surface area (TPSA) is 84.9 Å². The number of rotatable bonds is 5. The molecule has 1 aliphatic heterocycles. The van der Waals surface area contributed by atoms with Gasteiger partial charge >= 0.3 is 12.3 Å². The molecule has 1 amide bonds. The number of carbonyl (C=O) groups excluding carboxylic acids is 1. The molecule has 0 spiro atoms. The van der Waals surface area contributed by atoms with Crippen molar-refractivity contribution in [2.75, 3.05) is 19.8 Å². The number of nitrogens with one attached hydrogen (secondary N) is 1.